The standard InChI is InChI=1S/C26H24N2O3/c1-28-21-10-6-5-9-19(21)26(25(28)29)16-20(27-24(26)17-7-3-2-4-8-17)18-11-12-22-23(15-18)31-14-13-30-22/h2-12,15,20,24,27H,13-14,16H2,1H3/t20-,24-,26+/m0/s1. The smallest absolute Gasteiger partial charge is 0.239 e. The Morgan fingerprint density at radius 3 is 2.48 bits per heavy atom. The van der Waals surface area contributed by atoms with Crippen molar-refractivity contribution in [1.82, 2.24) is 5.32 Å². The summed E-state index contributed by atoms with van der Waals surface area (Å²) in [7, 11) is 1.88. The van der Waals surface area contributed by atoms with E-state index in [1.807, 2.05) is 54.4 Å². The molecule has 1 saturated heterocycles. The molecule has 1 amide bonds. The van der Waals surface area contributed by atoms with Crippen molar-refractivity contribution < 1.29 is 14.3 Å². The zero-order chi connectivity index (χ0) is 21.0. The molecule has 1 fully saturated rings. The number of fused-ring (bicyclic) bond motifs is 3. The number of hydrogen-bond acceptors (Lipinski definition) is 4. The minimum atomic E-state index is -0.648. The third-order valence-corrected chi connectivity index (χ3v) is 6.92. The maximum atomic E-state index is 13.8. The Morgan fingerprint density at radius 2 is 1.65 bits per heavy atom. The summed E-state index contributed by atoms with van der Waals surface area (Å²) in [6, 6.07) is 24.5. The molecule has 3 atom stereocenters. The minimum absolute atomic E-state index is 0.0181. The van der Waals surface area contributed by atoms with E-state index in [-0.39, 0.29) is 18.0 Å². The van der Waals surface area contributed by atoms with E-state index in [2.05, 4.69) is 35.6 Å². The van der Waals surface area contributed by atoms with Crippen molar-refractivity contribution in [1.29, 1.82) is 0 Å². The number of likely N-dealkylation sites (N-methyl/N-ethyl adjacent to an activating group) is 1. The van der Waals surface area contributed by atoms with Crippen molar-refractivity contribution in [2.45, 2.75) is 23.9 Å². The highest BCUT2D eigenvalue weighted by Crippen LogP contribution is 2.57. The highest BCUT2D eigenvalue weighted by molar-refractivity contribution is 6.08. The van der Waals surface area contributed by atoms with Crippen LogP contribution in [0.15, 0.2) is 72.8 Å². The van der Waals surface area contributed by atoms with Gasteiger partial charge in [-0.3, -0.25) is 4.79 Å². The van der Waals surface area contributed by atoms with Crippen LogP contribution in [0.1, 0.15) is 35.2 Å². The first kappa shape index (κ1) is 18.5. The number of amides is 1. The lowest BCUT2D eigenvalue weighted by atomic mass is 9.72. The van der Waals surface area contributed by atoms with Crippen molar-refractivity contribution in [2.75, 3.05) is 25.2 Å². The number of hydrogen-bond donors (Lipinski definition) is 1. The lowest BCUT2D eigenvalue weighted by molar-refractivity contribution is -0.123. The molecule has 0 unspecified atom stereocenters. The summed E-state index contributed by atoms with van der Waals surface area (Å²) < 4.78 is 11.5. The topological polar surface area (TPSA) is 50.8 Å². The molecule has 5 nitrogen and oxygen atoms in total. The lowest BCUT2D eigenvalue weighted by Crippen LogP contribution is -2.42. The Labute approximate surface area is 181 Å². The van der Waals surface area contributed by atoms with Crippen LogP contribution < -0.4 is 19.7 Å². The minimum Gasteiger partial charge on any atom is -0.486 e. The molecule has 0 saturated carbocycles. The molecule has 1 spiro atoms. The van der Waals surface area contributed by atoms with Crippen molar-refractivity contribution in [3.63, 3.8) is 0 Å². The third-order valence-electron chi connectivity index (χ3n) is 6.92. The Kier molecular flexibility index (Phi) is 4.08. The number of carbonyl (C=O) groups excluding carboxylic acids is 1. The van der Waals surface area contributed by atoms with Crippen molar-refractivity contribution in [3.8, 4) is 11.5 Å². The van der Waals surface area contributed by atoms with Gasteiger partial charge in [-0.1, -0.05) is 54.6 Å². The monoisotopic (exact) mass is 412 g/mol. The van der Waals surface area contributed by atoms with E-state index in [1.165, 1.54) is 0 Å². The first-order valence-electron chi connectivity index (χ1n) is 10.8. The molecule has 0 aromatic heterocycles. The fourth-order valence-corrected chi connectivity index (χ4v) is 5.50. The Bertz CT molecular complexity index is 1160. The van der Waals surface area contributed by atoms with Crippen LogP contribution in [0.5, 0.6) is 11.5 Å². The number of para-hydroxylation sites is 1. The van der Waals surface area contributed by atoms with Gasteiger partial charge in [0.1, 0.15) is 13.2 Å². The van der Waals surface area contributed by atoms with E-state index < -0.39 is 5.41 Å². The Morgan fingerprint density at radius 1 is 0.903 bits per heavy atom. The second kappa shape index (κ2) is 6.86. The van der Waals surface area contributed by atoms with Crippen LogP contribution in [-0.2, 0) is 10.2 Å². The molecule has 3 heterocycles. The van der Waals surface area contributed by atoms with Gasteiger partial charge in [0.15, 0.2) is 11.5 Å². The summed E-state index contributed by atoms with van der Waals surface area (Å²) in [4.78, 5) is 15.6. The fraction of sp³-hybridized carbons (Fsp3) is 0.269. The number of rotatable bonds is 2. The molecule has 3 aromatic carbocycles. The van der Waals surface area contributed by atoms with Gasteiger partial charge in [-0.2, -0.15) is 0 Å². The zero-order valence-electron chi connectivity index (χ0n) is 17.4. The molecule has 3 aliphatic rings. The van der Waals surface area contributed by atoms with E-state index in [4.69, 9.17) is 9.47 Å². The van der Waals surface area contributed by atoms with E-state index in [0.717, 1.165) is 33.9 Å². The molecule has 5 heteroatoms. The summed E-state index contributed by atoms with van der Waals surface area (Å²) in [6.07, 6.45) is 0.687. The molecule has 31 heavy (non-hydrogen) atoms. The lowest BCUT2D eigenvalue weighted by Gasteiger charge is -2.30. The third kappa shape index (κ3) is 2.63. The van der Waals surface area contributed by atoms with Crippen LogP contribution in [0, 0.1) is 0 Å². The molecule has 156 valence electrons. The summed E-state index contributed by atoms with van der Waals surface area (Å²) in [6.45, 7) is 1.13. The largest absolute Gasteiger partial charge is 0.486 e. The number of anilines is 1. The van der Waals surface area contributed by atoms with Crippen LogP contribution in [-0.4, -0.2) is 26.2 Å². The first-order valence-corrected chi connectivity index (χ1v) is 10.8. The first-order chi connectivity index (χ1) is 15.2. The van der Waals surface area contributed by atoms with Gasteiger partial charge in [0.05, 0.1) is 11.5 Å². The van der Waals surface area contributed by atoms with Gasteiger partial charge in [0.25, 0.3) is 0 Å². The summed E-state index contributed by atoms with van der Waals surface area (Å²) in [5.74, 6) is 1.71. The van der Waals surface area contributed by atoms with E-state index in [1.54, 1.807) is 0 Å². The second-order valence-electron chi connectivity index (χ2n) is 8.52. The van der Waals surface area contributed by atoms with E-state index in [9.17, 15) is 4.79 Å². The van der Waals surface area contributed by atoms with Gasteiger partial charge < -0.3 is 19.7 Å². The van der Waals surface area contributed by atoms with Crippen molar-refractivity contribution in [3.05, 3.63) is 89.5 Å². The van der Waals surface area contributed by atoms with Gasteiger partial charge in [-0.25, -0.2) is 0 Å². The van der Waals surface area contributed by atoms with Crippen LogP contribution in [0.25, 0.3) is 0 Å². The molecular weight excluding hydrogens is 388 g/mol. The molecule has 3 aliphatic heterocycles. The normalized spacial score (nSPS) is 26.4. The average molecular weight is 412 g/mol. The molecular formula is C26H24N2O3. The Balaban J connectivity index is 1.48. The van der Waals surface area contributed by atoms with Crippen LogP contribution >= 0.6 is 0 Å². The summed E-state index contributed by atoms with van der Waals surface area (Å²) >= 11 is 0. The summed E-state index contributed by atoms with van der Waals surface area (Å²) in [5, 5.41) is 3.81. The predicted octanol–water partition coefficient (Wildman–Crippen LogP) is 4.15. The van der Waals surface area contributed by atoms with Gasteiger partial charge in [-0.05, 0) is 41.3 Å². The van der Waals surface area contributed by atoms with Gasteiger partial charge in [-0.15, -0.1) is 0 Å². The zero-order valence-corrected chi connectivity index (χ0v) is 17.4. The molecule has 0 aliphatic carbocycles. The number of ether oxygens (including phenoxy) is 2. The molecule has 3 aromatic rings. The van der Waals surface area contributed by atoms with Gasteiger partial charge in [0.2, 0.25) is 5.91 Å². The van der Waals surface area contributed by atoms with Crippen LogP contribution in [0.4, 0.5) is 5.69 Å². The quantitative estimate of drug-likeness (QED) is 0.687. The van der Waals surface area contributed by atoms with Crippen LogP contribution in [0.3, 0.4) is 0 Å². The van der Waals surface area contributed by atoms with E-state index >= 15 is 0 Å². The number of nitrogens with one attached hydrogen (secondary N) is 1. The number of carbonyl (C=O) groups is 1. The van der Waals surface area contributed by atoms with Crippen molar-refractivity contribution >= 4 is 11.6 Å². The summed E-state index contributed by atoms with van der Waals surface area (Å²) in [5.41, 5.74) is 3.69. The highest BCUT2D eigenvalue weighted by Gasteiger charge is 2.59. The fourth-order valence-electron chi connectivity index (χ4n) is 5.50. The maximum absolute atomic E-state index is 13.8. The van der Waals surface area contributed by atoms with Gasteiger partial charge >= 0.3 is 0 Å². The number of benzene rings is 3. The Hall–Kier alpha value is -3.31. The SMILES string of the molecule is CN1C(=O)[C@]2(C[C@@H](c3ccc4c(c3)OCCO4)N[C@H]2c2ccccc2)c2ccccc21. The average Bonchev–Trinajstić information content (AvgIpc) is 3.33. The predicted molar refractivity (Wildman–Crippen MR) is 119 cm³/mol. The van der Waals surface area contributed by atoms with Gasteiger partial charge in [0, 0.05) is 18.8 Å². The van der Waals surface area contributed by atoms with Crippen LogP contribution in [0.2, 0.25) is 0 Å². The molecule has 0 radical (unpaired) electrons. The maximum Gasteiger partial charge on any atom is 0.239 e. The number of nitrogens with zero attached hydrogens (tertiary/aromatic N) is 1. The molecule has 1 N–H and O–H groups in total. The molecule has 0 bridgehead atoms. The highest BCUT2D eigenvalue weighted by atomic mass is 16.6. The second-order valence-corrected chi connectivity index (χ2v) is 8.52. The van der Waals surface area contributed by atoms with E-state index in [0.29, 0.717) is 19.6 Å². The molecule has 6 rings (SSSR count). The van der Waals surface area contributed by atoms with Crippen molar-refractivity contribution in [2.24, 2.45) is 0 Å².